The largest absolute Gasteiger partial charge is 1.00 e. The summed E-state index contributed by atoms with van der Waals surface area (Å²) in [5, 5.41) is 58.4. The van der Waals surface area contributed by atoms with Gasteiger partial charge in [-0.15, -0.1) is 0 Å². The average Bonchev–Trinajstić information content (AvgIpc) is 1.63. The van der Waals surface area contributed by atoms with E-state index in [4.69, 9.17) is 63.7 Å². The third kappa shape index (κ3) is 18.0. The fourth-order valence-electron chi connectivity index (χ4n) is 10.2. The minimum atomic E-state index is -6.70. The number of para-hydroxylation sites is 1. The zero-order chi connectivity index (χ0) is 66.0. The summed E-state index contributed by atoms with van der Waals surface area (Å²) in [5.74, 6) is -1.81. The first-order chi connectivity index (χ1) is 42.7. The maximum atomic E-state index is 13.7. The van der Waals surface area contributed by atoms with Gasteiger partial charge in [0, 0.05) is 19.1 Å². The molecule has 3 fully saturated rings. The molecule has 3 aliphatic heterocycles. The molecule has 0 radical (unpaired) electrons. The second-order valence-corrected chi connectivity index (χ2v) is 27.2. The molecule has 95 heavy (non-hydrogen) atoms. The molecule has 7 aromatic rings. The van der Waals surface area contributed by atoms with E-state index in [2.05, 4.69) is 48.5 Å². The number of nitro groups is 1. The van der Waals surface area contributed by atoms with Crippen LogP contribution in [0.1, 0.15) is 51.1 Å². The van der Waals surface area contributed by atoms with Crippen LogP contribution in [0, 0.1) is 15.5 Å². The molecular formula is C44H54N16Na4O27P4. The van der Waals surface area contributed by atoms with Crippen LogP contribution in [0.2, 0.25) is 0 Å². The van der Waals surface area contributed by atoms with E-state index >= 15 is 0 Å². The molecule has 1 aromatic carbocycles. The number of aromatic amines is 1. The van der Waals surface area contributed by atoms with E-state index in [-0.39, 0.29) is 175 Å². The standard InChI is InChI=1S/C44H58N16O27P4.4Na/c1-44(2,3)32(18-8-6-7-9-19(18)60(66)67)78-17-77-30-27(62)21(83-40(30)59-16-56(4)25-36(59)53-43(47)55-38(25)65)11-80-89(70,71)86-91(74,75)87-90(72,73)81-12-22-29(31(76-5)41(84-22)57-14-50-23-33(45)48-13-49-34(23)57)85-88(68,69)79-10-20-26(61)28(63)39(82-20)58-15-51-24-35(58)52-42(46)54-37(24)64;;;;/h6-9,13-16,20-22,26-32,39-41,61-63H,10-12,17H2,1-5H3,(H11-,45,46,47,48,49,52,53,54,55,64,65,68,69,70,71,72,73,74,75);;;;/q;4*+1/p-4/t20-,21-,22-,26?,27+,28+,29?,30?,31+,32?,39-,40-,41-;;;;/m1..../s1. The topological polar surface area (TPSA) is 618 Å². The van der Waals surface area contributed by atoms with Crippen molar-refractivity contribution in [2.45, 2.75) is 100 Å². The van der Waals surface area contributed by atoms with E-state index < -0.39 is 165 Å². The number of methoxy groups -OCH3 is 1. The Kier molecular flexibility index (Phi) is 27.6. The van der Waals surface area contributed by atoms with Crippen molar-refractivity contribution in [2.24, 2.45) is 12.5 Å². The number of phosphoric acid groups is 4. The maximum Gasteiger partial charge on any atom is 1.00 e. The molecule has 3 aliphatic rings. The van der Waals surface area contributed by atoms with Crippen molar-refractivity contribution in [3.05, 3.63) is 75.6 Å². The summed E-state index contributed by atoms with van der Waals surface area (Å²) in [6.45, 7) is 0.559. The van der Waals surface area contributed by atoms with E-state index in [9.17, 15) is 73.2 Å². The van der Waals surface area contributed by atoms with Gasteiger partial charge in [-0.25, -0.2) is 38.1 Å². The van der Waals surface area contributed by atoms with Gasteiger partial charge in [-0.1, -0.05) is 37.9 Å². The molecule has 0 amide bonds. The number of fused-ring (bicyclic) bond motifs is 3. The van der Waals surface area contributed by atoms with Crippen molar-refractivity contribution in [1.82, 2.24) is 53.6 Å². The monoisotopic (exact) mass is 1450 g/mol. The van der Waals surface area contributed by atoms with Crippen LogP contribution in [-0.4, -0.2) is 162 Å². The zero-order valence-corrected chi connectivity index (χ0v) is 63.1. The maximum absolute atomic E-state index is 13.7. The molecule has 9 heterocycles. The fourth-order valence-corrected chi connectivity index (χ4v) is 14.6. The summed E-state index contributed by atoms with van der Waals surface area (Å²) < 4.78 is 121. The van der Waals surface area contributed by atoms with Crippen LogP contribution < -0.4 is 170 Å². The van der Waals surface area contributed by atoms with E-state index in [0.717, 1.165) is 39.8 Å². The summed E-state index contributed by atoms with van der Waals surface area (Å²) >= 11 is 0. The van der Waals surface area contributed by atoms with Crippen LogP contribution in [0.3, 0.4) is 0 Å². The number of nitrogen functional groups attached to an aromatic ring is 3. The van der Waals surface area contributed by atoms with Gasteiger partial charge in [0.05, 0.1) is 56.1 Å². The molecule has 0 aliphatic carbocycles. The van der Waals surface area contributed by atoms with E-state index in [1.54, 1.807) is 26.8 Å². The predicted octanol–water partition coefficient (Wildman–Crippen LogP) is -15.7. The predicted molar refractivity (Wildman–Crippen MR) is 287 cm³/mol. The number of nitro benzene ring substituents is 1. The summed E-state index contributed by atoms with van der Waals surface area (Å²) in [6, 6.07) is 5.72. The molecule has 43 nitrogen and oxygen atoms in total. The zero-order valence-electron chi connectivity index (χ0n) is 51.5. The molecular weight excluding hydrogens is 1400 g/mol. The molecule has 0 bridgehead atoms. The van der Waals surface area contributed by atoms with Crippen molar-refractivity contribution >= 4 is 88.2 Å². The second kappa shape index (κ2) is 32.2. The molecule has 10 N–H and O–H groups in total. The molecule has 51 heteroatoms. The van der Waals surface area contributed by atoms with Crippen molar-refractivity contribution < 1.29 is 241 Å². The number of nitrogens with one attached hydrogen (secondary N) is 1. The van der Waals surface area contributed by atoms with Crippen molar-refractivity contribution in [3.8, 4) is 5.88 Å². The minimum absolute atomic E-state index is 0. The first-order valence-electron chi connectivity index (χ1n) is 26.3. The summed E-state index contributed by atoms with van der Waals surface area (Å²) in [4.78, 5) is 107. The SMILES string of the molecule is CO[C@H]1C(OP(=O)([O-])OC[C@H]2O[C@@H](n3cnc4c(=O)[nH]c(N)nc43)[C@@H](O)C2O)[C@@H](COP(=O)([O-])OP(=O)([O-])OP(=O)([O-])OC[C@H]2O[C@@H]([n+]3cn(C)c4c([O-])nc(N)nc43)C(OCOC(c3ccccc3[N+](=O)[O-])C(C)(C)C)[C@H]2O)O[C@H]1n1cnc2c(N)ncnc21.[Na+].[Na+].[Na+].[Na+]. The molecule has 6 aromatic heterocycles. The van der Waals surface area contributed by atoms with Gasteiger partial charge in [-0.3, -0.25) is 51.9 Å². The van der Waals surface area contributed by atoms with Crippen molar-refractivity contribution in [2.75, 3.05) is 50.9 Å². The Balaban J connectivity index is 0.00000357. The third-order valence-electron chi connectivity index (χ3n) is 14.2. The van der Waals surface area contributed by atoms with Gasteiger partial charge in [-0.05, 0) is 11.5 Å². The first-order valence-corrected chi connectivity index (χ1v) is 32.2. The fraction of sp³-hybridized carbons (Fsp3) is 0.523. The van der Waals surface area contributed by atoms with Crippen LogP contribution in [0.4, 0.5) is 23.4 Å². The van der Waals surface area contributed by atoms with E-state index in [1.807, 2.05) is 0 Å². The number of benzene rings is 1. The van der Waals surface area contributed by atoms with Gasteiger partial charge in [0.1, 0.15) is 73.6 Å². The van der Waals surface area contributed by atoms with Gasteiger partial charge >= 0.3 is 124 Å². The number of rotatable bonds is 25. The number of aliphatic hydroxyl groups is 3. The number of hydrogen-bond acceptors (Lipinski definition) is 37. The molecule has 0 spiro atoms. The number of aromatic nitrogens is 12. The van der Waals surface area contributed by atoms with Gasteiger partial charge in [0.15, 0.2) is 46.9 Å². The van der Waals surface area contributed by atoms with Gasteiger partial charge in [0.2, 0.25) is 12.2 Å². The number of H-pyrrole nitrogens is 1. The number of aliphatic hydroxyl groups excluding tert-OH is 3. The number of ether oxygens (including phenoxy) is 6. The number of hydrogen-bond donors (Lipinski definition) is 7. The quantitative estimate of drug-likeness (QED) is 0.00698. The normalized spacial score (nSPS) is 26.5. The number of aryl methyl sites for hydroxylation is 1. The molecule has 10 rings (SSSR count). The van der Waals surface area contributed by atoms with Crippen LogP contribution in [0.25, 0.3) is 33.5 Å². The third-order valence-corrected chi connectivity index (χ3v) is 19.3. The average molecular weight is 1450 g/mol. The number of anilines is 3. The van der Waals surface area contributed by atoms with Crippen LogP contribution in [0.5, 0.6) is 5.88 Å². The summed E-state index contributed by atoms with van der Waals surface area (Å²) in [6.07, 6.45) is -17.9. The molecule has 0 saturated carbocycles. The number of imidazole rings is 3. The molecule has 496 valence electrons. The Hall–Kier alpha value is -2.57. The van der Waals surface area contributed by atoms with Crippen LogP contribution in [0.15, 0.2) is 54.4 Å². The second-order valence-electron chi connectivity index (χ2n) is 21.3. The summed E-state index contributed by atoms with van der Waals surface area (Å²) in [7, 11) is -22.8. The van der Waals surface area contributed by atoms with Gasteiger partial charge in [0.25, 0.3) is 48.5 Å². The Morgan fingerprint density at radius 2 is 1.34 bits per heavy atom. The first kappa shape index (κ1) is 81.4. The van der Waals surface area contributed by atoms with E-state index in [0.29, 0.717) is 0 Å². The Morgan fingerprint density at radius 1 is 0.747 bits per heavy atom. The smallest absolute Gasteiger partial charge is 0.856 e. The van der Waals surface area contributed by atoms with Crippen LogP contribution >= 0.6 is 31.3 Å². The Labute approximate surface area is 622 Å². The van der Waals surface area contributed by atoms with Gasteiger partial charge < -0.3 is 104 Å². The Bertz CT molecular complexity index is 4160. The molecule has 17 atom stereocenters. The summed E-state index contributed by atoms with van der Waals surface area (Å²) in [5.41, 5.74) is 14.9. The van der Waals surface area contributed by atoms with Gasteiger partial charge in [-0.2, -0.15) is 4.98 Å². The van der Waals surface area contributed by atoms with Crippen molar-refractivity contribution in [1.29, 1.82) is 0 Å². The van der Waals surface area contributed by atoms with E-state index in [1.165, 1.54) is 36.1 Å². The van der Waals surface area contributed by atoms with Crippen LogP contribution in [-0.2, 0) is 80.4 Å². The van der Waals surface area contributed by atoms with Crippen molar-refractivity contribution in [3.63, 3.8) is 0 Å². The molecule has 8 unspecified atom stereocenters. The minimum Gasteiger partial charge on any atom is -0.856 e. The molecule has 3 saturated heterocycles. The Morgan fingerprint density at radius 3 is 1.97 bits per heavy atom. The number of nitrogens with two attached hydrogens (primary N) is 3. The number of phosphoric ester groups is 3. The number of nitrogens with zero attached hydrogens (tertiary/aromatic N) is 12.